The van der Waals surface area contributed by atoms with Gasteiger partial charge in [-0.25, -0.2) is 0 Å². The van der Waals surface area contributed by atoms with E-state index in [1.165, 1.54) is 0 Å². The van der Waals surface area contributed by atoms with Crippen molar-refractivity contribution in [3.63, 3.8) is 0 Å². The molecule has 1 saturated carbocycles. The zero-order chi connectivity index (χ0) is 9.53. The lowest BCUT2D eigenvalue weighted by Crippen LogP contribution is -2.34. The van der Waals surface area contributed by atoms with E-state index in [4.69, 9.17) is 9.47 Å². The number of hydrogen-bond donors (Lipinski definition) is 1. The highest BCUT2D eigenvalue weighted by molar-refractivity contribution is 5.62. The number of ether oxygens (including phenoxy) is 2. The van der Waals surface area contributed by atoms with E-state index >= 15 is 0 Å². The first-order chi connectivity index (χ1) is 6.08. The standard InChI is InChI=1S/C9H14O4/c1-8(5-10)6-12-9(13-8)3-2-7(11)4-9/h5,7,11H,2-4,6H2,1H3/t7-,8?,9?/m1/s1. The van der Waals surface area contributed by atoms with Gasteiger partial charge in [-0.05, 0) is 13.3 Å². The predicted molar refractivity (Wildman–Crippen MR) is 44.1 cm³/mol. The molecular formula is C9H14O4. The van der Waals surface area contributed by atoms with Crippen molar-refractivity contribution >= 4 is 6.29 Å². The molecule has 1 aliphatic heterocycles. The van der Waals surface area contributed by atoms with Crippen LogP contribution in [0.15, 0.2) is 0 Å². The molecule has 0 aromatic carbocycles. The molecule has 2 fully saturated rings. The van der Waals surface area contributed by atoms with Gasteiger partial charge in [-0.1, -0.05) is 0 Å². The Kier molecular flexibility index (Phi) is 1.94. The Morgan fingerprint density at radius 2 is 2.38 bits per heavy atom. The number of aliphatic hydroxyl groups is 1. The summed E-state index contributed by atoms with van der Waals surface area (Å²) in [6, 6.07) is 0. The molecule has 0 aromatic heterocycles. The van der Waals surface area contributed by atoms with Crippen molar-refractivity contribution in [1.29, 1.82) is 0 Å². The molecule has 0 aromatic rings. The second kappa shape index (κ2) is 2.77. The van der Waals surface area contributed by atoms with E-state index in [-0.39, 0.29) is 6.10 Å². The lowest BCUT2D eigenvalue weighted by molar-refractivity contribution is -0.182. The first-order valence-corrected chi connectivity index (χ1v) is 4.56. The van der Waals surface area contributed by atoms with Crippen molar-refractivity contribution in [3.05, 3.63) is 0 Å². The molecule has 1 N–H and O–H groups in total. The van der Waals surface area contributed by atoms with Gasteiger partial charge in [0.1, 0.15) is 5.60 Å². The van der Waals surface area contributed by atoms with Crippen LogP contribution in [0.3, 0.4) is 0 Å². The summed E-state index contributed by atoms with van der Waals surface area (Å²) in [5, 5.41) is 9.35. The second-order valence-corrected chi connectivity index (χ2v) is 4.13. The van der Waals surface area contributed by atoms with Gasteiger partial charge in [-0.15, -0.1) is 0 Å². The Labute approximate surface area is 76.8 Å². The third-order valence-electron chi connectivity index (χ3n) is 2.70. The normalized spacial score (nSPS) is 50.2. The smallest absolute Gasteiger partial charge is 0.172 e. The van der Waals surface area contributed by atoms with Crippen LogP contribution in [0.25, 0.3) is 0 Å². The monoisotopic (exact) mass is 186 g/mol. The van der Waals surface area contributed by atoms with E-state index < -0.39 is 11.4 Å². The Balaban J connectivity index is 2.09. The minimum Gasteiger partial charge on any atom is -0.393 e. The van der Waals surface area contributed by atoms with Gasteiger partial charge in [0.2, 0.25) is 0 Å². The van der Waals surface area contributed by atoms with Gasteiger partial charge in [0, 0.05) is 12.8 Å². The van der Waals surface area contributed by atoms with Crippen molar-refractivity contribution in [2.45, 2.75) is 43.7 Å². The Bertz CT molecular complexity index is 230. The van der Waals surface area contributed by atoms with Gasteiger partial charge in [0.15, 0.2) is 12.1 Å². The first-order valence-electron chi connectivity index (χ1n) is 4.56. The molecule has 3 atom stereocenters. The van der Waals surface area contributed by atoms with Crippen LogP contribution in [0.2, 0.25) is 0 Å². The van der Waals surface area contributed by atoms with Crippen molar-refractivity contribution in [2.24, 2.45) is 0 Å². The molecule has 0 bridgehead atoms. The molecule has 0 amide bonds. The van der Waals surface area contributed by atoms with Crippen LogP contribution in [-0.4, -0.2) is 35.5 Å². The van der Waals surface area contributed by atoms with Crippen LogP contribution in [0.1, 0.15) is 26.2 Å². The van der Waals surface area contributed by atoms with Gasteiger partial charge in [0.25, 0.3) is 0 Å². The van der Waals surface area contributed by atoms with E-state index in [9.17, 15) is 9.90 Å². The molecule has 1 spiro atoms. The van der Waals surface area contributed by atoms with E-state index in [0.717, 1.165) is 6.29 Å². The molecule has 13 heavy (non-hydrogen) atoms. The highest BCUT2D eigenvalue weighted by Crippen LogP contribution is 2.42. The molecular weight excluding hydrogens is 172 g/mol. The molecule has 1 saturated heterocycles. The summed E-state index contributed by atoms with van der Waals surface area (Å²) in [6.07, 6.45) is 2.27. The largest absolute Gasteiger partial charge is 0.393 e. The number of carbonyl (C=O) groups is 1. The average Bonchev–Trinajstić information content (AvgIpc) is 2.60. The Hall–Kier alpha value is -0.450. The number of aliphatic hydroxyl groups excluding tert-OH is 1. The topological polar surface area (TPSA) is 55.8 Å². The highest BCUT2D eigenvalue weighted by atomic mass is 16.8. The Morgan fingerprint density at radius 1 is 1.62 bits per heavy atom. The summed E-state index contributed by atoms with van der Waals surface area (Å²) >= 11 is 0. The summed E-state index contributed by atoms with van der Waals surface area (Å²) in [6.45, 7) is 2.00. The van der Waals surface area contributed by atoms with E-state index in [1.54, 1.807) is 6.92 Å². The average molecular weight is 186 g/mol. The lowest BCUT2D eigenvalue weighted by Gasteiger charge is -2.23. The fourth-order valence-electron chi connectivity index (χ4n) is 1.99. The molecule has 1 aliphatic carbocycles. The van der Waals surface area contributed by atoms with E-state index in [0.29, 0.717) is 25.9 Å². The van der Waals surface area contributed by atoms with Crippen LogP contribution in [0.4, 0.5) is 0 Å². The van der Waals surface area contributed by atoms with Gasteiger partial charge in [-0.2, -0.15) is 0 Å². The van der Waals surface area contributed by atoms with Crippen LogP contribution >= 0.6 is 0 Å². The van der Waals surface area contributed by atoms with E-state index in [1.807, 2.05) is 0 Å². The van der Waals surface area contributed by atoms with Gasteiger partial charge in [0.05, 0.1) is 12.7 Å². The van der Waals surface area contributed by atoms with Crippen LogP contribution in [0.5, 0.6) is 0 Å². The third kappa shape index (κ3) is 1.49. The maximum Gasteiger partial charge on any atom is 0.172 e. The van der Waals surface area contributed by atoms with Gasteiger partial charge in [-0.3, -0.25) is 0 Å². The maximum atomic E-state index is 10.7. The molecule has 74 valence electrons. The first kappa shape index (κ1) is 9.12. The summed E-state index contributed by atoms with van der Waals surface area (Å²) in [5.74, 6) is -0.685. The van der Waals surface area contributed by atoms with Crippen LogP contribution < -0.4 is 0 Å². The number of rotatable bonds is 1. The summed E-state index contributed by atoms with van der Waals surface area (Å²) in [5.41, 5.74) is -0.815. The number of hydrogen-bond acceptors (Lipinski definition) is 4. The zero-order valence-electron chi connectivity index (χ0n) is 7.66. The molecule has 2 aliphatic rings. The minimum absolute atomic E-state index is 0.295. The zero-order valence-corrected chi connectivity index (χ0v) is 7.66. The molecule has 1 heterocycles. The molecule has 4 heteroatoms. The molecule has 0 radical (unpaired) electrons. The molecule has 4 nitrogen and oxygen atoms in total. The van der Waals surface area contributed by atoms with Crippen molar-refractivity contribution < 1.29 is 19.4 Å². The van der Waals surface area contributed by atoms with Crippen molar-refractivity contribution in [3.8, 4) is 0 Å². The van der Waals surface area contributed by atoms with Crippen LogP contribution in [-0.2, 0) is 14.3 Å². The Morgan fingerprint density at radius 3 is 2.85 bits per heavy atom. The van der Waals surface area contributed by atoms with Crippen molar-refractivity contribution in [2.75, 3.05) is 6.61 Å². The molecule has 2 rings (SSSR count). The van der Waals surface area contributed by atoms with Crippen molar-refractivity contribution in [1.82, 2.24) is 0 Å². The highest BCUT2D eigenvalue weighted by Gasteiger charge is 2.51. The third-order valence-corrected chi connectivity index (χ3v) is 2.70. The maximum absolute atomic E-state index is 10.7. The SMILES string of the molecule is CC1(C=O)COC2(CC[C@@H](O)C2)O1. The summed E-state index contributed by atoms with van der Waals surface area (Å²) < 4.78 is 11.0. The lowest BCUT2D eigenvalue weighted by atomic mass is 10.1. The van der Waals surface area contributed by atoms with Gasteiger partial charge >= 0.3 is 0 Å². The quantitative estimate of drug-likeness (QED) is 0.596. The molecule has 2 unspecified atom stereocenters. The second-order valence-electron chi connectivity index (χ2n) is 4.13. The van der Waals surface area contributed by atoms with Crippen LogP contribution in [0, 0.1) is 0 Å². The summed E-state index contributed by atoms with van der Waals surface area (Å²) in [4.78, 5) is 10.7. The fraction of sp³-hybridized carbons (Fsp3) is 0.889. The minimum atomic E-state index is -0.815. The number of carbonyl (C=O) groups excluding carboxylic acids is 1. The fourth-order valence-corrected chi connectivity index (χ4v) is 1.99. The van der Waals surface area contributed by atoms with Gasteiger partial charge < -0.3 is 19.4 Å². The van der Waals surface area contributed by atoms with E-state index in [2.05, 4.69) is 0 Å². The summed E-state index contributed by atoms with van der Waals surface area (Å²) in [7, 11) is 0. The predicted octanol–water partition coefficient (Wildman–Crippen LogP) is 0.232. The number of aldehydes is 1.